The molecule has 3 rings (SSSR count). The lowest BCUT2D eigenvalue weighted by atomic mass is 10.00. The van der Waals surface area contributed by atoms with Gasteiger partial charge in [-0.25, -0.2) is 21.1 Å². The van der Waals surface area contributed by atoms with Gasteiger partial charge in [0, 0.05) is 27.7 Å². The summed E-state index contributed by atoms with van der Waals surface area (Å²) in [6.07, 6.45) is -1.04. The number of benzene rings is 3. The highest BCUT2D eigenvalue weighted by Crippen LogP contribution is 2.22. The molecule has 38 heavy (non-hydrogen) atoms. The maximum absolute atomic E-state index is 13.3. The van der Waals surface area contributed by atoms with Gasteiger partial charge in [0.25, 0.3) is 0 Å². The fourth-order valence-corrected chi connectivity index (χ4v) is 6.32. The molecule has 206 valence electrons. The quantitative estimate of drug-likeness (QED) is 0.349. The Balaban J connectivity index is 1.79. The number of nitrogens with zero attached hydrogens (tertiary/aromatic N) is 2. The van der Waals surface area contributed by atoms with E-state index in [1.165, 1.54) is 34.1 Å². The maximum Gasteiger partial charge on any atom is 0.242 e. The Morgan fingerprint density at radius 2 is 1.50 bits per heavy atom. The van der Waals surface area contributed by atoms with Crippen LogP contribution in [0.1, 0.15) is 12.5 Å². The van der Waals surface area contributed by atoms with Crippen LogP contribution < -0.4 is 5.32 Å². The third kappa shape index (κ3) is 7.39. The van der Waals surface area contributed by atoms with Crippen LogP contribution in [0.2, 0.25) is 0 Å². The molecule has 0 spiro atoms. The Bertz CT molecular complexity index is 1460. The molecule has 2 N–H and O–H groups in total. The molecule has 0 saturated carbocycles. The average molecular weight is 562 g/mol. The predicted molar refractivity (Wildman–Crippen MR) is 148 cm³/mol. The molecule has 3 atom stereocenters. The molecule has 3 unspecified atom stereocenters. The first kappa shape index (κ1) is 29.7. The molecule has 0 aliphatic rings. The second-order valence-electron chi connectivity index (χ2n) is 9.63. The molecular formula is C27H35N3O6S2. The number of carbonyl (C=O) groups excluding carboxylic acids is 1. The Morgan fingerprint density at radius 1 is 0.895 bits per heavy atom. The molecule has 3 aromatic carbocycles. The highest BCUT2D eigenvalue weighted by molar-refractivity contribution is 7.89. The molecule has 9 nitrogen and oxygen atoms in total. The number of amides is 1. The van der Waals surface area contributed by atoms with Gasteiger partial charge in [-0.1, -0.05) is 67.6 Å². The molecular weight excluding hydrogens is 526 g/mol. The Kier molecular flexibility index (Phi) is 9.66. The van der Waals surface area contributed by atoms with Gasteiger partial charge in [-0.05, 0) is 34.9 Å². The van der Waals surface area contributed by atoms with E-state index in [4.69, 9.17) is 0 Å². The van der Waals surface area contributed by atoms with Crippen LogP contribution in [0.4, 0.5) is 0 Å². The van der Waals surface area contributed by atoms with Gasteiger partial charge in [-0.15, -0.1) is 0 Å². The van der Waals surface area contributed by atoms with Crippen LogP contribution in [0.25, 0.3) is 10.8 Å². The number of hydrogen-bond donors (Lipinski definition) is 2. The van der Waals surface area contributed by atoms with Crippen molar-refractivity contribution in [3.8, 4) is 0 Å². The van der Waals surface area contributed by atoms with Crippen LogP contribution in [0, 0.1) is 5.92 Å². The number of fused-ring (bicyclic) bond motifs is 1. The van der Waals surface area contributed by atoms with Crippen molar-refractivity contribution in [2.75, 3.05) is 33.4 Å². The van der Waals surface area contributed by atoms with Gasteiger partial charge in [-0.2, -0.15) is 4.31 Å². The summed E-state index contributed by atoms with van der Waals surface area (Å²) in [7, 11) is -3.38. The second-order valence-corrected chi connectivity index (χ2v) is 13.9. The SMILES string of the molecule is CC(CS(=O)(=O)N(C)C)C(=O)NC(Cc1ccccc1)C(O)CN(C)S(=O)(=O)c1ccc2ccccc2c1. The fraction of sp³-hybridized carbons (Fsp3) is 0.370. The number of hydrogen-bond acceptors (Lipinski definition) is 6. The van der Waals surface area contributed by atoms with E-state index >= 15 is 0 Å². The lowest BCUT2D eigenvalue weighted by molar-refractivity contribution is -0.125. The molecule has 0 aliphatic carbocycles. The number of carbonyl (C=O) groups is 1. The Hall–Kier alpha value is -2.83. The minimum atomic E-state index is -3.93. The van der Waals surface area contributed by atoms with E-state index in [9.17, 15) is 26.7 Å². The van der Waals surface area contributed by atoms with E-state index in [2.05, 4.69) is 5.32 Å². The zero-order valence-electron chi connectivity index (χ0n) is 22.0. The largest absolute Gasteiger partial charge is 0.390 e. The van der Waals surface area contributed by atoms with Crippen LogP contribution in [-0.4, -0.2) is 82.0 Å². The number of aliphatic hydroxyl groups excluding tert-OH is 1. The molecule has 11 heteroatoms. The summed E-state index contributed by atoms with van der Waals surface area (Å²) in [4.78, 5) is 13.0. The van der Waals surface area contributed by atoms with E-state index in [1.807, 2.05) is 54.6 Å². The van der Waals surface area contributed by atoms with Crippen LogP contribution in [0.3, 0.4) is 0 Å². The van der Waals surface area contributed by atoms with Crippen molar-refractivity contribution in [1.29, 1.82) is 0 Å². The van der Waals surface area contributed by atoms with Crippen molar-refractivity contribution in [3.05, 3.63) is 78.4 Å². The Morgan fingerprint density at radius 3 is 2.13 bits per heavy atom. The van der Waals surface area contributed by atoms with Gasteiger partial charge in [-0.3, -0.25) is 4.79 Å². The van der Waals surface area contributed by atoms with Crippen LogP contribution in [0.5, 0.6) is 0 Å². The van der Waals surface area contributed by atoms with Crippen molar-refractivity contribution >= 4 is 36.7 Å². The molecule has 0 aromatic heterocycles. The standard InChI is InChI=1S/C27H35N3O6S2/c1-20(19-37(33,34)29(2)3)27(32)28-25(16-21-10-6-5-7-11-21)26(31)18-30(4)38(35,36)24-15-14-22-12-8-9-13-23(22)17-24/h5-15,17,20,25-26,31H,16,18-19H2,1-4H3,(H,28,32). The molecule has 0 aliphatic heterocycles. The van der Waals surface area contributed by atoms with Crippen molar-refractivity contribution in [2.24, 2.45) is 5.92 Å². The van der Waals surface area contributed by atoms with Gasteiger partial charge >= 0.3 is 0 Å². The molecule has 0 bridgehead atoms. The molecule has 0 saturated heterocycles. The normalized spacial score (nSPS) is 14.9. The number of rotatable bonds is 12. The van der Waals surface area contributed by atoms with Crippen LogP contribution in [0.15, 0.2) is 77.7 Å². The molecule has 3 aromatic rings. The molecule has 0 radical (unpaired) electrons. The zero-order chi connectivity index (χ0) is 28.1. The number of nitrogens with one attached hydrogen (secondary N) is 1. The zero-order valence-corrected chi connectivity index (χ0v) is 23.6. The third-order valence-corrected chi connectivity index (χ3v) is 10.3. The van der Waals surface area contributed by atoms with Gasteiger partial charge < -0.3 is 10.4 Å². The Labute approximate surface area is 225 Å². The molecule has 1 amide bonds. The number of likely N-dealkylation sites (N-methyl/N-ethyl adjacent to an activating group) is 1. The predicted octanol–water partition coefficient (Wildman–Crippen LogP) is 2.08. The minimum absolute atomic E-state index is 0.0945. The van der Waals surface area contributed by atoms with Gasteiger partial charge in [0.1, 0.15) is 0 Å². The topological polar surface area (TPSA) is 124 Å². The van der Waals surface area contributed by atoms with E-state index in [0.717, 1.165) is 24.9 Å². The summed E-state index contributed by atoms with van der Waals surface area (Å²) < 4.78 is 53.2. The van der Waals surface area contributed by atoms with Gasteiger partial charge in [0.05, 0.1) is 28.7 Å². The highest BCUT2D eigenvalue weighted by Gasteiger charge is 2.31. The maximum atomic E-state index is 13.3. The lowest BCUT2D eigenvalue weighted by Crippen LogP contribution is -2.51. The highest BCUT2D eigenvalue weighted by atomic mass is 32.2. The summed E-state index contributed by atoms with van der Waals surface area (Å²) in [5.41, 5.74) is 0.824. The van der Waals surface area contributed by atoms with Crippen LogP contribution in [-0.2, 0) is 31.3 Å². The van der Waals surface area contributed by atoms with Crippen molar-refractivity contribution < 1.29 is 26.7 Å². The fourth-order valence-electron chi connectivity index (χ4n) is 4.01. The lowest BCUT2D eigenvalue weighted by Gasteiger charge is -2.29. The summed E-state index contributed by atoms with van der Waals surface area (Å²) in [5, 5.41) is 15.6. The first-order valence-corrected chi connectivity index (χ1v) is 15.2. The second kappa shape index (κ2) is 12.4. The smallest absolute Gasteiger partial charge is 0.242 e. The minimum Gasteiger partial charge on any atom is -0.390 e. The number of aliphatic hydroxyl groups is 1. The average Bonchev–Trinajstić information content (AvgIpc) is 2.88. The first-order chi connectivity index (χ1) is 17.8. The summed E-state index contributed by atoms with van der Waals surface area (Å²) in [6, 6.07) is 20.6. The van der Waals surface area contributed by atoms with Crippen molar-refractivity contribution in [2.45, 2.75) is 30.4 Å². The summed E-state index contributed by atoms with van der Waals surface area (Å²) in [5.74, 6) is -1.82. The summed E-state index contributed by atoms with van der Waals surface area (Å²) >= 11 is 0. The van der Waals surface area contributed by atoms with E-state index in [-0.39, 0.29) is 17.9 Å². The molecule has 0 heterocycles. The van der Waals surface area contributed by atoms with Crippen molar-refractivity contribution in [3.63, 3.8) is 0 Å². The summed E-state index contributed by atoms with van der Waals surface area (Å²) in [6.45, 7) is 1.22. The van der Waals surface area contributed by atoms with Gasteiger partial charge in [0.2, 0.25) is 26.0 Å². The van der Waals surface area contributed by atoms with Crippen LogP contribution >= 0.6 is 0 Å². The first-order valence-electron chi connectivity index (χ1n) is 12.2. The third-order valence-electron chi connectivity index (χ3n) is 6.43. The monoisotopic (exact) mass is 561 g/mol. The molecule has 0 fully saturated rings. The van der Waals surface area contributed by atoms with Crippen molar-refractivity contribution in [1.82, 2.24) is 13.9 Å². The van der Waals surface area contributed by atoms with E-state index in [1.54, 1.807) is 12.1 Å². The van der Waals surface area contributed by atoms with E-state index < -0.39 is 49.8 Å². The number of sulfonamides is 2. The van der Waals surface area contributed by atoms with Gasteiger partial charge in [0.15, 0.2) is 0 Å². The van der Waals surface area contributed by atoms with E-state index in [0.29, 0.717) is 0 Å².